The summed E-state index contributed by atoms with van der Waals surface area (Å²) in [5, 5.41) is 0. The van der Waals surface area contributed by atoms with Gasteiger partial charge in [0.05, 0.1) is 5.92 Å². The Balaban J connectivity index is 1.55. The molecule has 0 bridgehead atoms. The Labute approximate surface area is 158 Å². The predicted molar refractivity (Wildman–Crippen MR) is 104 cm³/mol. The second-order valence-corrected chi connectivity index (χ2v) is 7.23. The number of carbonyl (C=O) groups excluding carboxylic acids is 3. The van der Waals surface area contributed by atoms with Gasteiger partial charge in [0, 0.05) is 36.4 Å². The molecular weight excluding hydrogens is 340 g/mol. The topological polar surface area (TPSA) is 57.7 Å². The molecule has 0 aliphatic carbocycles. The van der Waals surface area contributed by atoms with E-state index in [4.69, 9.17) is 0 Å². The van der Waals surface area contributed by atoms with Crippen LogP contribution >= 0.6 is 0 Å². The minimum absolute atomic E-state index is 0.0146. The lowest BCUT2D eigenvalue weighted by Gasteiger charge is -2.31. The number of carbonyl (C=O) groups is 3. The van der Waals surface area contributed by atoms with Crippen LogP contribution in [0.5, 0.6) is 0 Å². The minimum atomic E-state index is -0.357. The Hall–Kier alpha value is -2.95. The molecule has 5 nitrogen and oxygen atoms in total. The van der Waals surface area contributed by atoms with Crippen LogP contribution in [0.2, 0.25) is 0 Å². The number of anilines is 2. The summed E-state index contributed by atoms with van der Waals surface area (Å²) in [6, 6.07) is 15.0. The fourth-order valence-electron chi connectivity index (χ4n) is 4.00. The summed E-state index contributed by atoms with van der Waals surface area (Å²) in [6.07, 6.45) is 2.13. The molecule has 1 atom stereocenters. The van der Waals surface area contributed by atoms with Crippen LogP contribution in [0.15, 0.2) is 48.5 Å². The zero-order valence-electron chi connectivity index (χ0n) is 15.4. The first-order valence-corrected chi connectivity index (χ1v) is 9.35. The van der Waals surface area contributed by atoms with Gasteiger partial charge in [-0.2, -0.15) is 0 Å². The summed E-state index contributed by atoms with van der Waals surface area (Å²) < 4.78 is 0. The SMILES string of the molecule is CC(=O)c1cccc(N2CC(C(=O)N3CCCc4ccccc43)CC2=O)c1. The molecule has 1 unspecified atom stereocenters. The predicted octanol–water partition coefficient (Wildman–Crippen LogP) is 3.22. The van der Waals surface area contributed by atoms with Gasteiger partial charge in [-0.3, -0.25) is 14.4 Å². The van der Waals surface area contributed by atoms with Gasteiger partial charge in [-0.15, -0.1) is 0 Å². The third-order valence-electron chi connectivity index (χ3n) is 5.41. The number of rotatable bonds is 3. The van der Waals surface area contributed by atoms with Gasteiger partial charge in [0.25, 0.3) is 0 Å². The Morgan fingerprint density at radius 1 is 1.07 bits per heavy atom. The smallest absolute Gasteiger partial charge is 0.232 e. The van der Waals surface area contributed by atoms with E-state index in [1.54, 1.807) is 23.1 Å². The van der Waals surface area contributed by atoms with E-state index >= 15 is 0 Å². The Morgan fingerprint density at radius 3 is 2.70 bits per heavy atom. The lowest BCUT2D eigenvalue weighted by molar-refractivity contribution is -0.124. The van der Waals surface area contributed by atoms with Gasteiger partial charge in [0.1, 0.15) is 0 Å². The molecule has 0 spiro atoms. The highest BCUT2D eigenvalue weighted by Crippen LogP contribution is 2.32. The van der Waals surface area contributed by atoms with E-state index in [0.717, 1.165) is 18.5 Å². The van der Waals surface area contributed by atoms with Crippen molar-refractivity contribution >= 4 is 29.0 Å². The molecule has 4 rings (SSSR count). The van der Waals surface area contributed by atoms with E-state index in [1.807, 2.05) is 29.2 Å². The second kappa shape index (κ2) is 6.99. The molecule has 0 aromatic heterocycles. The van der Waals surface area contributed by atoms with E-state index in [0.29, 0.717) is 24.3 Å². The number of hydrogen-bond donors (Lipinski definition) is 0. The number of amides is 2. The average molecular weight is 362 g/mol. The van der Waals surface area contributed by atoms with Crippen LogP contribution in [-0.4, -0.2) is 30.7 Å². The van der Waals surface area contributed by atoms with Crippen LogP contribution in [0.4, 0.5) is 11.4 Å². The highest BCUT2D eigenvalue weighted by atomic mass is 16.2. The van der Waals surface area contributed by atoms with E-state index < -0.39 is 0 Å². The number of para-hydroxylation sites is 1. The first-order valence-electron chi connectivity index (χ1n) is 9.35. The molecule has 27 heavy (non-hydrogen) atoms. The summed E-state index contributed by atoms with van der Waals surface area (Å²) in [7, 11) is 0. The van der Waals surface area contributed by atoms with Crippen molar-refractivity contribution in [1.29, 1.82) is 0 Å². The fourth-order valence-corrected chi connectivity index (χ4v) is 4.00. The standard InChI is InChI=1S/C22H22N2O3/c1-15(25)17-7-4-9-19(12-17)24-14-18(13-21(24)26)22(27)23-11-5-8-16-6-2-3-10-20(16)23/h2-4,6-7,9-10,12,18H,5,8,11,13-14H2,1H3. The number of Topliss-reactive ketones (excluding diaryl/α,β-unsaturated/α-hetero) is 1. The number of nitrogens with zero attached hydrogens (tertiary/aromatic N) is 2. The van der Waals surface area contributed by atoms with Gasteiger partial charge < -0.3 is 9.80 Å². The van der Waals surface area contributed by atoms with Gasteiger partial charge in [-0.1, -0.05) is 30.3 Å². The molecule has 0 N–H and O–H groups in total. The number of benzene rings is 2. The maximum absolute atomic E-state index is 13.2. The number of hydrogen-bond acceptors (Lipinski definition) is 3. The normalized spacial score (nSPS) is 19.1. The quantitative estimate of drug-likeness (QED) is 0.788. The van der Waals surface area contributed by atoms with Crippen molar-refractivity contribution in [2.24, 2.45) is 5.92 Å². The minimum Gasteiger partial charge on any atom is -0.312 e. The Kier molecular flexibility index (Phi) is 4.52. The summed E-state index contributed by atoms with van der Waals surface area (Å²) in [5.41, 5.74) is 3.41. The van der Waals surface area contributed by atoms with Crippen molar-refractivity contribution in [3.63, 3.8) is 0 Å². The molecule has 2 aromatic carbocycles. The molecule has 2 aliphatic heterocycles. The van der Waals surface area contributed by atoms with Crippen molar-refractivity contribution in [1.82, 2.24) is 0 Å². The lowest BCUT2D eigenvalue weighted by atomic mass is 9.99. The molecule has 0 saturated carbocycles. The van der Waals surface area contributed by atoms with E-state index in [9.17, 15) is 14.4 Å². The highest BCUT2D eigenvalue weighted by molar-refractivity contribution is 6.05. The number of ketones is 1. The van der Waals surface area contributed by atoms with Gasteiger partial charge in [-0.25, -0.2) is 0 Å². The van der Waals surface area contributed by atoms with Crippen molar-refractivity contribution in [2.45, 2.75) is 26.2 Å². The lowest BCUT2D eigenvalue weighted by Crippen LogP contribution is -2.40. The maximum atomic E-state index is 13.2. The molecule has 1 fully saturated rings. The van der Waals surface area contributed by atoms with E-state index in [2.05, 4.69) is 6.07 Å². The van der Waals surface area contributed by atoms with Crippen molar-refractivity contribution < 1.29 is 14.4 Å². The van der Waals surface area contributed by atoms with Gasteiger partial charge >= 0.3 is 0 Å². The number of aryl methyl sites for hydroxylation is 1. The van der Waals surface area contributed by atoms with Crippen LogP contribution in [-0.2, 0) is 16.0 Å². The first kappa shape index (κ1) is 17.5. The summed E-state index contributed by atoms with van der Waals surface area (Å²) in [5.74, 6) is -0.453. The fraction of sp³-hybridized carbons (Fsp3) is 0.318. The zero-order chi connectivity index (χ0) is 19.0. The largest absolute Gasteiger partial charge is 0.312 e. The molecule has 2 aromatic rings. The monoisotopic (exact) mass is 362 g/mol. The second-order valence-electron chi connectivity index (χ2n) is 7.23. The van der Waals surface area contributed by atoms with Gasteiger partial charge in [0.15, 0.2) is 5.78 Å². The summed E-state index contributed by atoms with van der Waals surface area (Å²) >= 11 is 0. The molecule has 0 radical (unpaired) electrons. The van der Waals surface area contributed by atoms with Crippen LogP contribution < -0.4 is 9.80 Å². The van der Waals surface area contributed by atoms with Crippen LogP contribution in [0.1, 0.15) is 35.7 Å². The highest BCUT2D eigenvalue weighted by Gasteiger charge is 2.38. The molecule has 2 amide bonds. The third kappa shape index (κ3) is 3.25. The average Bonchev–Trinajstić information content (AvgIpc) is 3.09. The molecule has 2 aliphatic rings. The summed E-state index contributed by atoms with van der Waals surface area (Å²) in [4.78, 5) is 40.8. The van der Waals surface area contributed by atoms with E-state index in [1.165, 1.54) is 12.5 Å². The Bertz CT molecular complexity index is 921. The molecule has 138 valence electrons. The van der Waals surface area contributed by atoms with Crippen LogP contribution in [0.25, 0.3) is 0 Å². The molecule has 2 heterocycles. The van der Waals surface area contributed by atoms with E-state index in [-0.39, 0.29) is 29.9 Å². The van der Waals surface area contributed by atoms with Crippen LogP contribution in [0.3, 0.4) is 0 Å². The molecule has 5 heteroatoms. The van der Waals surface area contributed by atoms with Gasteiger partial charge in [0.2, 0.25) is 11.8 Å². The van der Waals surface area contributed by atoms with Crippen molar-refractivity contribution in [3.8, 4) is 0 Å². The number of fused-ring (bicyclic) bond motifs is 1. The van der Waals surface area contributed by atoms with Crippen molar-refractivity contribution in [3.05, 3.63) is 59.7 Å². The zero-order valence-corrected chi connectivity index (χ0v) is 15.4. The van der Waals surface area contributed by atoms with Gasteiger partial charge in [-0.05, 0) is 43.5 Å². The third-order valence-corrected chi connectivity index (χ3v) is 5.41. The molecular formula is C22H22N2O3. The summed E-state index contributed by atoms with van der Waals surface area (Å²) in [6.45, 7) is 2.56. The van der Waals surface area contributed by atoms with Crippen LogP contribution in [0, 0.1) is 5.92 Å². The Morgan fingerprint density at radius 2 is 1.89 bits per heavy atom. The molecule has 1 saturated heterocycles. The van der Waals surface area contributed by atoms with Crippen molar-refractivity contribution in [2.75, 3.05) is 22.9 Å². The maximum Gasteiger partial charge on any atom is 0.232 e. The first-order chi connectivity index (χ1) is 13.0.